The van der Waals surface area contributed by atoms with Gasteiger partial charge in [-0.3, -0.25) is 14.4 Å². The first-order chi connectivity index (χ1) is 15.3. The molecule has 0 N–H and O–H groups in total. The number of hydrogen-bond acceptors (Lipinski definition) is 5. The van der Waals surface area contributed by atoms with E-state index >= 15 is 0 Å². The molecule has 32 heavy (non-hydrogen) atoms. The lowest BCUT2D eigenvalue weighted by Gasteiger charge is -2.52. The molecule has 2 heterocycles. The van der Waals surface area contributed by atoms with Crippen LogP contribution in [0.1, 0.15) is 58.4 Å². The van der Waals surface area contributed by atoms with Gasteiger partial charge in [-0.2, -0.15) is 0 Å². The van der Waals surface area contributed by atoms with Crippen LogP contribution in [0.5, 0.6) is 5.88 Å². The van der Waals surface area contributed by atoms with Gasteiger partial charge >= 0.3 is 0 Å². The van der Waals surface area contributed by atoms with Gasteiger partial charge < -0.3 is 9.64 Å². The molecule has 1 saturated heterocycles. The molecule has 6 heteroatoms. The number of nitrogens with zero attached hydrogens (tertiary/aromatic N) is 2. The van der Waals surface area contributed by atoms with Crippen molar-refractivity contribution in [1.82, 2.24) is 9.88 Å². The van der Waals surface area contributed by atoms with Crippen molar-refractivity contribution < 1.29 is 19.1 Å². The van der Waals surface area contributed by atoms with E-state index in [1.807, 2.05) is 26.0 Å². The highest BCUT2D eigenvalue weighted by Crippen LogP contribution is 2.46. The summed E-state index contributed by atoms with van der Waals surface area (Å²) >= 11 is 0. The van der Waals surface area contributed by atoms with Crippen LogP contribution in [-0.2, 0) is 9.59 Å². The Morgan fingerprint density at radius 1 is 1.12 bits per heavy atom. The fraction of sp³-hybridized carbons (Fsp3) is 0.385. The number of ketones is 2. The Labute approximate surface area is 188 Å². The lowest BCUT2D eigenvalue weighted by molar-refractivity contribution is -0.141. The average molecular weight is 431 g/mol. The number of benzene rings is 1. The minimum absolute atomic E-state index is 0.0617. The normalized spacial score (nSPS) is 17.6. The smallest absolute Gasteiger partial charge is 0.272 e. The predicted octanol–water partition coefficient (Wildman–Crippen LogP) is 3.24. The Morgan fingerprint density at radius 2 is 1.75 bits per heavy atom. The Hall–Kier alpha value is -3.46. The van der Waals surface area contributed by atoms with Gasteiger partial charge in [0.25, 0.3) is 5.91 Å². The van der Waals surface area contributed by atoms with Crippen molar-refractivity contribution in [2.45, 2.75) is 39.5 Å². The molecule has 1 aliphatic heterocycles. The first-order valence-corrected chi connectivity index (χ1v) is 10.7. The second-order valence-electron chi connectivity index (χ2n) is 8.84. The van der Waals surface area contributed by atoms with Crippen molar-refractivity contribution in [3.05, 3.63) is 58.3 Å². The topological polar surface area (TPSA) is 76.6 Å². The van der Waals surface area contributed by atoms with E-state index in [9.17, 15) is 14.4 Å². The number of ether oxygens (including phenoxy) is 1. The minimum Gasteiger partial charge on any atom is -0.481 e. The average Bonchev–Trinajstić information content (AvgIpc) is 2.73. The Morgan fingerprint density at radius 3 is 2.31 bits per heavy atom. The van der Waals surface area contributed by atoms with Gasteiger partial charge in [0.05, 0.1) is 7.11 Å². The number of aryl methyl sites for hydroxylation is 2. The molecule has 1 amide bonds. The van der Waals surface area contributed by atoms with Crippen molar-refractivity contribution in [1.29, 1.82) is 0 Å². The number of hydrogen-bond donors (Lipinski definition) is 0. The van der Waals surface area contributed by atoms with E-state index in [2.05, 4.69) is 16.8 Å². The van der Waals surface area contributed by atoms with E-state index in [4.69, 9.17) is 4.74 Å². The van der Waals surface area contributed by atoms with Crippen LogP contribution < -0.4 is 4.74 Å². The third-order valence-corrected chi connectivity index (χ3v) is 6.39. The number of rotatable bonds is 3. The lowest BCUT2D eigenvalue weighted by Crippen LogP contribution is -2.62. The molecule has 4 rings (SSSR count). The standard InChI is InChI=1S/C26H26N2O4/c1-5-7-18-10-16(2)23(17(3)11-18)24-20(29)12-26(13-21(24)30)14-28(15-26)25(31)19-8-6-9-22(27-19)32-4/h6,8-11,24H,12-15H2,1-4H3. The second kappa shape index (κ2) is 8.23. The largest absolute Gasteiger partial charge is 0.481 e. The van der Waals surface area contributed by atoms with Gasteiger partial charge in [0.15, 0.2) is 0 Å². The number of likely N-dealkylation sites (tertiary alicyclic amines) is 1. The monoisotopic (exact) mass is 430 g/mol. The first kappa shape index (κ1) is 21.8. The number of pyridine rings is 1. The molecule has 2 aromatic rings. The third kappa shape index (κ3) is 3.80. The van der Waals surface area contributed by atoms with Gasteiger partial charge in [-0.05, 0) is 55.7 Å². The van der Waals surface area contributed by atoms with Crippen molar-refractivity contribution in [3.63, 3.8) is 0 Å². The zero-order valence-electron chi connectivity index (χ0n) is 18.8. The summed E-state index contributed by atoms with van der Waals surface area (Å²) in [7, 11) is 1.50. The highest BCUT2D eigenvalue weighted by atomic mass is 16.5. The highest BCUT2D eigenvalue weighted by molar-refractivity contribution is 6.11. The quantitative estimate of drug-likeness (QED) is 0.552. The number of Topliss-reactive ketones (excluding diaryl/α,β-unsaturated/α-hetero) is 2. The third-order valence-electron chi connectivity index (χ3n) is 6.39. The van der Waals surface area contributed by atoms with E-state index in [0.29, 0.717) is 37.5 Å². The number of carbonyl (C=O) groups is 3. The van der Waals surface area contributed by atoms with Crippen LogP contribution in [0.4, 0.5) is 0 Å². The van der Waals surface area contributed by atoms with Gasteiger partial charge in [0.1, 0.15) is 23.2 Å². The summed E-state index contributed by atoms with van der Waals surface area (Å²) in [4.78, 5) is 45.0. The van der Waals surface area contributed by atoms with Gasteiger partial charge in [0, 0.05) is 43.0 Å². The molecular formula is C26H26N2O4. The van der Waals surface area contributed by atoms with Crippen LogP contribution in [-0.4, -0.2) is 47.6 Å². The second-order valence-corrected chi connectivity index (χ2v) is 8.84. The molecule has 164 valence electrons. The maximum Gasteiger partial charge on any atom is 0.272 e. The molecule has 1 aliphatic carbocycles. The molecule has 1 aromatic carbocycles. The van der Waals surface area contributed by atoms with Crippen molar-refractivity contribution in [3.8, 4) is 17.7 Å². The molecular weight excluding hydrogens is 404 g/mol. The minimum atomic E-state index is -0.728. The van der Waals surface area contributed by atoms with Gasteiger partial charge in [0.2, 0.25) is 5.88 Å². The molecule has 2 aliphatic rings. The molecule has 1 spiro atoms. The summed E-state index contributed by atoms with van der Waals surface area (Å²) in [5, 5.41) is 0. The van der Waals surface area contributed by atoms with Gasteiger partial charge in [-0.25, -0.2) is 4.98 Å². The summed E-state index contributed by atoms with van der Waals surface area (Å²) < 4.78 is 5.09. The van der Waals surface area contributed by atoms with E-state index in [-0.39, 0.29) is 17.5 Å². The van der Waals surface area contributed by atoms with Crippen LogP contribution in [0.2, 0.25) is 0 Å². The van der Waals surface area contributed by atoms with Crippen LogP contribution in [0, 0.1) is 31.1 Å². The molecule has 1 saturated carbocycles. The fourth-order valence-electron chi connectivity index (χ4n) is 5.09. The molecule has 1 aromatic heterocycles. The number of carbonyl (C=O) groups excluding carboxylic acids is 3. The number of aromatic nitrogens is 1. The molecule has 0 atom stereocenters. The van der Waals surface area contributed by atoms with Crippen LogP contribution in [0.15, 0.2) is 30.3 Å². The highest BCUT2D eigenvalue weighted by Gasteiger charge is 2.53. The Bertz CT molecular complexity index is 1140. The van der Waals surface area contributed by atoms with E-state index in [0.717, 1.165) is 22.3 Å². The summed E-state index contributed by atoms with van der Waals surface area (Å²) in [5.41, 5.74) is 3.36. The Kier molecular flexibility index (Phi) is 5.60. The molecule has 2 fully saturated rings. The van der Waals surface area contributed by atoms with Gasteiger partial charge in [-0.1, -0.05) is 12.0 Å². The van der Waals surface area contributed by atoms with E-state index in [1.165, 1.54) is 7.11 Å². The lowest BCUT2D eigenvalue weighted by atomic mass is 9.63. The van der Waals surface area contributed by atoms with Crippen LogP contribution in [0.3, 0.4) is 0 Å². The number of methoxy groups -OCH3 is 1. The Balaban J connectivity index is 1.50. The molecule has 0 bridgehead atoms. The molecule has 6 nitrogen and oxygen atoms in total. The van der Waals surface area contributed by atoms with Crippen molar-refractivity contribution in [2.24, 2.45) is 5.41 Å². The summed E-state index contributed by atoms with van der Waals surface area (Å²) in [6.07, 6.45) is 0.599. The van der Waals surface area contributed by atoms with Crippen molar-refractivity contribution >= 4 is 17.5 Å². The number of amides is 1. The van der Waals surface area contributed by atoms with Crippen LogP contribution >= 0.6 is 0 Å². The zero-order chi connectivity index (χ0) is 23.0. The zero-order valence-corrected chi connectivity index (χ0v) is 18.8. The predicted molar refractivity (Wildman–Crippen MR) is 120 cm³/mol. The summed E-state index contributed by atoms with van der Waals surface area (Å²) in [5.74, 6) is 5.23. The molecule has 0 unspecified atom stereocenters. The molecule has 0 radical (unpaired) electrons. The maximum absolute atomic E-state index is 13.2. The van der Waals surface area contributed by atoms with E-state index < -0.39 is 11.3 Å². The van der Waals surface area contributed by atoms with Crippen molar-refractivity contribution in [2.75, 3.05) is 20.2 Å². The summed E-state index contributed by atoms with van der Waals surface area (Å²) in [6, 6.07) is 8.91. The maximum atomic E-state index is 13.2. The SMILES string of the molecule is CC#Cc1cc(C)c(C2C(=O)CC3(CC2=O)CN(C(=O)c2cccc(OC)n2)C3)c(C)c1. The fourth-order valence-corrected chi connectivity index (χ4v) is 5.09. The summed E-state index contributed by atoms with van der Waals surface area (Å²) in [6.45, 7) is 6.41. The van der Waals surface area contributed by atoms with Gasteiger partial charge in [-0.15, -0.1) is 5.92 Å². The van der Waals surface area contributed by atoms with Crippen LogP contribution in [0.25, 0.3) is 0 Å². The first-order valence-electron chi connectivity index (χ1n) is 10.7. The van der Waals surface area contributed by atoms with E-state index in [1.54, 1.807) is 30.0 Å².